The number of carbonyl (C=O) groups is 1. The lowest BCUT2D eigenvalue weighted by molar-refractivity contribution is 0.0697. The zero-order valence-corrected chi connectivity index (χ0v) is 18.6. The first kappa shape index (κ1) is 23.5. The van der Waals surface area contributed by atoms with Crippen molar-refractivity contribution in [3.63, 3.8) is 0 Å². The summed E-state index contributed by atoms with van der Waals surface area (Å²) in [6.45, 7) is 1.51. The van der Waals surface area contributed by atoms with E-state index in [-0.39, 0.29) is 45.2 Å². The van der Waals surface area contributed by atoms with Gasteiger partial charge in [-0.2, -0.15) is 18.4 Å². The van der Waals surface area contributed by atoms with Crippen molar-refractivity contribution in [1.82, 2.24) is 15.0 Å². The number of hydrogen-bond acceptors (Lipinski definition) is 10. The largest absolute Gasteiger partial charge is 0.505 e. The molecule has 13 nitrogen and oxygen atoms in total. The van der Waals surface area contributed by atoms with E-state index >= 15 is 0 Å². The number of hydrogen-bond donors (Lipinski definition) is 5. The predicted molar refractivity (Wildman–Crippen MR) is 124 cm³/mol. The number of aromatic hydroxyl groups is 1. The van der Waals surface area contributed by atoms with Gasteiger partial charge in [-0.05, 0) is 42.6 Å². The van der Waals surface area contributed by atoms with Gasteiger partial charge in [0.25, 0.3) is 10.1 Å². The molecule has 0 amide bonds. The van der Waals surface area contributed by atoms with Crippen molar-refractivity contribution < 1.29 is 28.0 Å². The number of phenolic OH excluding ortho intramolecular Hbond substituents is 1. The van der Waals surface area contributed by atoms with E-state index in [4.69, 9.17) is 0 Å². The first-order valence-electron chi connectivity index (χ1n) is 9.76. The highest BCUT2D eigenvalue weighted by Gasteiger charge is 2.19. The van der Waals surface area contributed by atoms with Gasteiger partial charge in [-0.15, -0.1) is 10.2 Å². The Hall–Kier alpha value is -4.69. The van der Waals surface area contributed by atoms with E-state index in [2.05, 4.69) is 30.5 Å². The Morgan fingerprint density at radius 3 is 2.46 bits per heavy atom. The van der Waals surface area contributed by atoms with Gasteiger partial charge in [-0.1, -0.05) is 18.2 Å². The number of carboxylic acid groups (broad SMARTS) is 1. The average molecular weight is 496 g/mol. The molecule has 4 rings (SSSR count). The van der Waals surface area contributed by atoms with Gasteiger partial charge in [-0.25, -0.2) is 9.59 Å². The Balaban J connectivity index is 1.89. The minimum atomic E-state index is -4.64. The van der Waals surface area contributed by atoms with Gasteiger partial charge in [0.15, 0.2) is 5.75 Å². The summed E-state index contributed by atoms with van der Waals surface area (Å²) in [5.41, 5.74) is -0.888. The molecule has 0 atom stereocenters. The first-order chi connectivity index (χ1) is 16.5. The highest BCUT2D eigenvalue weighted by Crippen LogP contribution is 2.41. The molecule has 0 bridgehead atoms. The molecule has 4 aromatic rings. The molecule has 3 aromatic carbocycles. The molecule has 1 heterocycles. The Kier molecular flexibility index (Phi) is 5.98. The topological polar surface area (TPSA) is 207 Å². The van der Waals surface area contributed by atoms with Crippen LogP contribution in [0.4, 0.5) is 23.0 Å². The average Bonchev–Trinajstić information content (AvgIpc) is 2.77. The second-order valence-corrected chi connectivity index (χ2v) is 8.61. The molecule has 0 radical (unpaired) electrons. The molecular formula is C21H16N6O7S. The number of aromatic nitrogens is 3. The summed E-state index contributed by atoms with van der Waals surface area (Å²) >= 11 is 0. The second-order valence-electron chi connectivity index (χ2n) is 7.19. The third-order valence-corrected chi connectivity index (χ3v) is 5.59. The van der Waals surface area contributed by atoms with Gasteiger partial charge >= 0.3 is 11.7 Å². The fraction of sp³-hybridized carbons (Fsp3) is 0.0476. The molecule has 1 aromatic heterocycles. The summed E-state index contributed by atoms with van der Waals surface area (Å²) in [5.74, 6) is -1.62. The van der Waals surface area contributed by atoms with Gasteiger partial charge in [0.2, 0.25) is 5.95 Å². The van der Waals surface area contributed by atoms with Crippen molar-refractivity contribution >= 4 is 49.9 Å². The number of nitrogens with one attached hydrogen (secondary N) is 2. The van der Waals surface area contributed by atoms with Crippen LogP contribution in [-0.4, -0.2) is 44.1 Å². The van der Waals surface area contributed by atoms with Crippen LogP contribution in [0.2, 0.25) is 0 Å². The minimum Gasteiger partial charge on any atom is -0.505 e. The molecule has 178 valence electrons. The maximum atomic E-state index is 11.8. The van der Waals surface area contributed by atoms with Crippen molar-refractivity contribution in [2.75, 3.05) is 5.32 Å². The van der Waals surface area contributed by atoms with Crippen molar-refractivity contribution in [3.8, 4) is 5.75 Å². The molecule has 0 saturated heterocycles. The molecule has 0 spiro atoms. The Bertz CT molecular complexity index is 1680. The summed E-state index contributed by atoms with van der Waals surface area (Å²) in [4.78, 5) is 32.6. The van der Waals surface area contributed by atoms with Crippen LogP contribution < -0.4 is 11.0 Å². The number of carboxylic acids is 1. The number of anilines is 2. The summed E-state index contributed by atoms with van der Waals surface area (Å²) in [6, 6.07) is 10.8. The number of rotatable bonds is 6. The van der Waals surface area contributed by atoms with E-state index in [0.29, 0.717) is 0 Å². The zero-order valence-electron chi connectivity index (χ0n) is 17.8. The summed E-state index contributed by atoms with van der Waals surface area (Å²) in [5, 5.41) is 31.0. The lowest BCUT2D eigenvalue weighted by Gasteiger charge is -2.13. The van der Waals surface area contributed by atoms with Crippen molar-refractivity contribution in [2.24, 2.45) is 10.2 Å². The molecule has 0 unspecified atom stereocenters. The molecule has 0 fully saturated rings. The van der Waals surface area contributed by atoms with Crippen LogP contribution in [0.5, 0.6) is 5.75 Å². The number of azo groups is 1. The molecule has 0 aliphatic heterocycles. The summed E-state index contributed by atoms with van der Waals surface area (Å²) in [7, 11) is -4.64. The molecule has 5 N–H and O–H groups in total. The van der Waals surface area contributed by atoms with Gasteiger partial charge in [0.05, 0.1) is 16.1 Å². The summed E-state index contributed by atoms with van der Waals surface area (Å²) < 4.78 is 33.1. The SMILES string of the molecule is Cc1nc(Nc2cc(S(=O)(=O)O)cc3ccc(N=Nc4ccccc4C(=O)O)c(O)c23)nc(=O)[nH]1. The van der Waals surface area contributed by atoms with Crippen LogP contribution in [0.15, 0.2) is 68.4 Å². The van der Waals surface area contributed by atoms with Gasteiger partial charge in [-0.3, -0.25) is 9.54 Å². The van der Waals surface area contributed by atoms with E-state index in [9.17, 15) is 32.8 Å². The fourth-order valence-electron chi connectivity index (χ4n) is 3.25. The first-order valence-corrected chi connectivity index (χ1v) is 11.2. The summed E-state index contributed by atoms with van der Waals surface area (Å²) in [6.07, 6.45) is 0. The molecule has 0 aliphatic carbocycles. The fourth-order valence-corrected chi connectivity index (χ4v) is 3.80. The van der Waals surface area contributed by atoms with Gasteiger partial charge in [0, 0.05) is 5.39 Å². The molecule has 14 heteroatoms. The van der Waals surface area contributed by atoms with E-state index < -0.39 is 32.4 Å². The van der Waals surface area contributed by atoms with Crippen molar-refractivity contribution in [2.45, 2.75) is 11.8 Å². The number of H-pyrrole nitrogens is 1. The third kappa shape index (κ3) is 4.97. The lowest BCUT2D eigenvalue weighted by Crippen LogP contribution is -2.15. The number of aromatic carboxylic acids is 1. The number of aromatic amines is 1. The number of phenols is 1. The molecule has 0 aliphatic rings. The van der Waals surface area contributed by atoms with Crippen LogP contribution in [0.25, 0.3) is 10.8 Å². The van der Waals surface area contributed by atoms with Crippen molar-refractivity contribution in [3.05, 3.63) is 70.4 Å². The van der Waals surface area contributed by atoms with Crippen molar-refractivity contribution in [1.29, 1.82) is 0 Å². The maximum absolute atomic E-state index is 11.8. The highest BCUT2D eigenvalue weighted by atomic mass is 32.2. The predicted octanol–water partition coefficient (Wildman–Crippen LogP) is 3.44. The van der Waals surface area contributed by atoms with E-state index in [1.807, 2.05) is 0 Å². The second kappa shape index (κ2) is 8.92. The van der Waals surface area contributed by atoms with E-state index in [0.717, 1.165) is 12.1 Å². The molecular weight excluding hydrogens is 480 g/mol. The van der Waals surface area contributed by atoms with Crippen LogP contribution in [0.3, 0.4) is 0 Å². The van der Waals surface area contributed by atoms with Crippen LogP contribution >= 0.6 is 0 Å². The molecule has 0 saturated carbocycles. The third-order valence-electron chi connectivity index (χ3n) is 4.76. The van der Waals surface area contributed by atoms with Crippen LogP contribution in [0.1, 0.15) is 16.2 Å². The highest BCUT2D eigenvalue weighted by molar-refractivity contribution is 7.85. The number of fused-ring (bicyclic) bond motifs is 1. The van der Waals surface area contributed by atoms with Crippen LogP contribution in [0, 0.1) is 6.92 Å². The monoisotopic (exact) mass is 496 g/mol. The molecule has 35 heavy (non-hydrogen) atoms. The normalized spacial score (nSPS) is 11.7. The van der Waals surface area contributed by atoms with E-state index in [1.54, 1.807) is 6.07 Å². The zero-order chi connectivity index (χ0) is 25.3. The number of aryl methyl sites for hydroxylation is 1. The Morgan fingerprint density at radius 1 is 1.06 bits per heavy atom. The maximum Gasteiger partial charge on any atom is 0.349 e. The van der Waals surface area contributed by atoms with Crippen LogP contribution in [-0.2, 0) is 10.1 Å². The number of nitrogens with zero attached hydrogens (tertiary/aromatic N) is 4. The Morgan fingerprint density at radius 2 is 1.77 bits per heavy atom. The smallest absolute Gasteiger partial charge is 0.349 e. The lowest BCUT2D eigenvalue weighted by atomic mass is 10.1. The van der Waals surface area contributed by atoms with E-state index in [1.165, 1.54) is 37.3 Å². The Labute approximate surface area is 196 Å². The number of benzene rings is 3. The standard InChI is InChI=1S/C21H16N6O7S/c1-10-22-20(25-21(31)23-10)24-16-9-12(35(32,33)34)8-11-6-7-15(18(28)17(11)16)27-26-14-5-3-2-4-13(14)19(29)30/h2-9,28H,1H3,(H,29,30)(H,32,33,34)(H2,22,23,24,25,31). The van der Waals surface area contributed by atoms with Gasteiger partial charge < -0.3 is 15.5 Å². The quantitative estimate of drug-likeness (QED) is 0.194. The van der Waals surface area contributed by atoms with Gasteiger partial charge in [0.1, 0.15) is 17.2 Å². The minimum absolute atomic E-state index is 0.0481.